The molecule has 3 rings (SSSR count). The monoisotopic (exact) mass is 295 g/mol. The van der Waals surface area contributed by atoms with Gasteiger partial charge in [-0.1, -0.05) is 12.1 Å². The third-order valence-corrected chi connectivity index (χ3v) is 3.42. The van der Waals surface area contributed by atoms with Gasteiger partial charge < -0.3 is 5.32 Å². The van der Waals surface area contributed by atoms with Gasteiger partial charge in [0.15, 0.2) is 0 Å². The standard InChI is InChI=1S/C11H6INO/c12-8-4-5-9-10-6(8)2-1-3-7(10)11(14)13-9/h1-5H,(H,13,14). The zero-order valence-corrected chi connectivity index (χ0v) is 9.33. The second kappa shape index (κ2) is 2.70. The molecule has 0 unspecified atom stereocenters. The first-order valence-electron chi connectivity index (χ1n) is 4.30. The molecule has 1 N–H and O–H groups in total. The van der Waals surface area contributed by atoms with Gasteiger partial charge in [0.25, 0.3) is 5.91 Å². The van der Waals surface area contributed by atoms with Crippen LogP contribution < -0.4 is 5.32 Å². The van der Waals surface area contributed by atoms with Crippen LogP contribution in [0.1, 0.15) is 10.4 Å². The Morgan fingerprint density at radius 3 is 2.86 bits per heavy atom. The number of benzene rings is 2. The van der Waals surface area contributed by atoms with Gasteiger partial charge in [0.2, 0.25) is 0 Å². The van der Waals surface area contributed by atoms with Gasteiger partial charge in [-0.15, -0.1) is 0 Å². The largest absolute Gasteiger partial charge is 0.321 e. The number of anilines is 1. The Labute approximate surface area is 94.4 Å². The van der Waals surface area contributed by atoms with Crippen molar-refractivity contribution in [3.63, 3.8) is 0 Å². The number of amides is 1. The fourth-order valence-electron chi connectivity index (χ4n) is 1.85. The summed E-state index contributed by atoms with van der Waals surface area (Å²) in [7, 11) is 0. The van der Waals surface area contributed by atoms with Crippen LogP contribution in [0.4, 0.5) is 5.69 Å². The molecule has 1 aliphatic heterocycles. The Bertz CT molecular complexity index is 562. The molecule has 68 valence electrons. The molecule has 1 amide bonds. The number of nitrogens with one attached hydrogen (secondary N) is 1. The van der Waals surface area contributed by atoms with E-state index in [9.17, 15) is 4.79 Å². The van der Waals surface area contributed by atoms with E-state index in [4.69, 9.17) is 0 Å². The van der Waals surface area contributed by atoms with E-state index < -0.39 is 0 Å². The minimum atomic E-state index is 0.00704. The zero-order valence-electron chi connectivity index (χ0n) is 7.17. The molecular formula is C11H6INO. The van der Waals surface area contributed by atoms with E-state index in [2.05, 4.69) is 27.9 Å². The Balaban J connectivity index is 2.58. The summed E-state index contributed by atoms with van der Waals surface area (Å²) in [5, 5.41) is 5.07. The lowest BCUT2D eigenvalue weighted by Crippen LogP contribution is -2.03. The second-order valence-electron chi connectivity index (χ2n) is 3.28. The van der Waals surface area contributed by atoms with Crippen molar-refractivity contribution in [3.8, 4) is 0 Å². The zero-order chi connectivity index (χ0) is 9.71. The smallest absolute Gasteiger partial charge is 0.256 e. The molecule has 0 radical (unpaired) electrons. The minimum Gasteiger partial charge on any atom is -0.321 e. The SMILES string of the molecule is O=C1Nc2ccc(I)c3cccc1c23. The van der Waals surface area contributed by atoms with Crippen molar-refractivity contribution in [2.24, 2.45) is 0 Å². The number of hydrogen-bond donors (Lipinski definition) is 1. The van der Waals surface area contributed by atoms with Crippen LogP contribution in [0.15, 0.2) is 30.3 Å². The highest BCUT2D eigenvalue weighted by Crippen LogP contribution is 2.35. The summed E-state index contributed by atoms with van der Waals surface area (Å²) in [5.74, 6) is 0.00704. The number of hydrogen-bond acceptors (Lipinski definition) is 1. The number of rotatable bonds is 0. The highest BCUT2D eigenvalue weighted by Gasteiger charge is 2.21. The van der Waals surface area contributed by atoms with Gasteiger partial charge in [-0.3, -0.25) is 4.79 Å². The molecule has 0 atom stereocenters. The molecule has 14 heavy (non-hydrogen) atoms. The Hall–Kier alpha value is -1.10. The Morgan fingerprint density at radius 1 is 1.14 bits per heavy atom. The minimum absolute atomic E-state index is 0.00704. The fourth-order valence-corrected chi connectivity index (χ4v) is 2.48. The van der Waals surface area contributed by atoms with Crippen LogP contribution in [0, 0.1) is 3.57 Å². The van der Waals surface area contributed by atoms with E-state index in [1.807, 2.05) is 30.3 Å². The highest BCUT2D eigenvalue weighted by molar-refractivity contribution is 14.1. The maximum absolute atomic E-state index is 11.5. The lowest BCUT2D eigenvalue weighted by molar-refractivity contribution is 0.103. The van der Waals surface area contributed by atoms with Crippen LogP contribution in [-0.4, -0.2) is 5.91 Å². The van der Waals surface area contributed by atoms with Gasteiger partial charge in [-0.05, 0) is 46.2 Å². The van der Waals surface area contributed by atoms with Gasteiger partial charge in [-0.2, -0.15) is 0 Å². The normalized spacial score (nSPS) is 13.4. The van der Waals surface area contributed by atoms with E-state index in [0.717, 1.165) is 22.0 Å². The van der Waals surface area contributed by atoms with Crippen molar-refractivity contribution < 1.29 is 4.79 Å². The third kappa shape index (κ3) is 0.930. The average Bonchev–Trinajstić information content (AvgIpc) is 2.52. The van der Waals surface area contributed by atoms with Gasteiger partial charge >= 0.3 is 0 Å². The van der Waals surface area contributed by atoms with E-state index in [1.165, 1.54) is 3.57 Å². The molecule has 0 aliphatic carbocycles. The average molecular weight is 295 g/mol. The molecule has 2 aromatic rings. The van der Waals surface area contributed by atoms with Crippen LogP contribution >= 0.6 is 22.6 Å². The highest BCUT2D eigenvalue weighted by atomic mass is 127. The van der Waals surface area contributed by atoms with E-state index in [-0.39, 0.29) is 5.91 Å². The first kappa shape index (κ1) is 8.23. The Morgan fingerprint density at radius 2 is 2.00 bits per heavy atom. The van der Waals surface area contributed by atoms with E-state index in [0.29, 0.717) is 0 Å². The summed E-state index contributed by atoms with van der Waals surface area (Å²) >= 11 is 2.29. The Kier molecular flexibility index (Phi) is 1.58. The van der Waals surface area contributed by atoms with Crippen LogP contribution in [0.2, 0.25) is 0 Å². The summed E-state index contributed by atoms with van der Waals surface area (Å²) in [5.41, 5.74) is 1.72. The molecule has 0 saturated carbocycles. The van der Waals surface area contributed by atoms with Crippen LogP contribution in [0.25, 0.3) is 10.8 Å². The molecule has 3 heteroatoms. The predicted molar refractivity (Wildman–Crippen MR) is 64.6 cm³/mol. The lowest BCUT2D eigenvalue weighted by atomic mass is 10.1. The summed E-state index contributed by atoms with van der Waals surface area (Å²) in [6.07, 6.45) is 0. The first-order chi connectivity index (χ1) is 6.77. The number of halogens is 1. The molecular weight excluding hydrogens is 289 g/mol. The van der Waals surface area contributed by atoms with Crippen molar-refractivity contribution in [3.05, 3.63) is 39.5 Å². The third-order valence-electron chi connectivity index (χ3n) is 2.48. The second-order valence-corrected chi connectivity index (χ2v) is 4.44. The number of carbonyl (C=O) groups excluding carboxylic acids is 1. The van der Waals surface area contributed by atoms with Crippen molar-refractivity contribution >= 4 is 45.0 Å². The van der Waals surface area contributed by atoms with E-state index >= 15 is 0 Å². The molecule has 0 fully saturated rings. The molecule has 0 spiro atoms. The van der Waals surface area contributed by atoms with Crippen LogP contribution in [0.5, 0.6) is 0 Å². The van der Waals surface area contributed by atoms with Crippen molar-refractivity contribution in [1.29, 1.82) is 0 Å². The molecule has 1 heterocycles. The molecule has 2 aromatic carbocycles. The number of carbonyl (C=O) groups is 1. The summed E-state index contributed by atoms with van der Waals surface area (Å²) < 4.78 is 1.18. The van der Waals surface area contributed by atoms with Crippen LogP contribution in [0.3, 0.4) is 0 Å². The molecule has 0 bridgehead atoms. The fraction of sp³-hybridized carbons (Fsp3) is 0. The van der Waals surface area contributed by atoms with Gasteiger partial charge in [0.05, 0.1) is 0 Å². The summed E-state index contributed by atoms with van der Waals surface area (Å²) in [6.45, 7) is 0. The summed E-state index contributed by atoms with van der Waals surface area (Å²) in [6, 6.07) is 9.81. The molecule has 0 saturated heterocycles. The van der Waals surface area contributed by atoms with Crippen molar-refractivity contribution in [1.82, 2.24) is 0 Å². The van der Waals surface area contributed by atoms with Gasteiger partial charge in [0.1, 0.15) is 0 Å². The predicted octanol–water partition coefficient (Wildman–Crippen LogP) is 3.01. The first-order valence-corrected chi connectivity index (χ1v) is 5.38. The molecule has 2 nitrogen and oxygen atoms in total. The lowest BCUT2D eigenvalue weighted by Gasteiger charge is -2.01. The van der Waals surface area contributed by atoms with Gasteiger partial charge in [-0.25, -0.2) is 0 Å². The summed E-state index contributed by atoms with van der Waals surface area (Å²) in [4.78, 5) is 11.5. The quantitative estimate of drug-likeness (QED) is 0.744. The van der Waals surface area contributed by atoms with Crippen molar-refractivity contribution in [2.75, 3.05) is 5.32 Å². The molecule has 0 aromatic heterocycles. The van der Waals surface area contributed by atoms with Crippen molar-refractivity contribution in [2.45, 2.75) is 0 Å². The van der Waals surface area contributed by atoms with Crippen LogP contribution in [-0.2, 0) is 0 Å². The van der Waals surface area contributed by atoms with E-state index in [1.54, 1.807) is 0 Å². The topological polar surface area (TPSA) is 29.1 Å². The maximum atomic E-state index is 11.5. The maximum Gasteiger partial charge on any atom is 0.256 e. The molecule has 1 aliphatic rings. The van der Waals surface area contributed by atoms with Gasteiger partial charge in [0, 0.05) is 20.2 Å².